The summed E-state index contributed by atoms with van der Waals surface area (Å²) in [6, 6.07) is 21.0. The number of ether oxygens (including phenoxy) is 1. The summed E-state index contributed by atoms with van der Waals surface area (Å²) in [5.41, 5.74) is 5.23. The van der Waals surface area contributed by atoms with E-state index in [0.29, 0.717) is 33.1 Å². The number of nitrogens with zero attached hydrogens (tertiary/aromatic N) is 2. The van der Waals surface area contributed by atoms with Gasteiger partial charge in [0.05, 0.1) is 5.69 Å². The van der Waals surface area contributed by atoms with Crippen molar-refractivity contribution < 1.29 is 4.74 Å². The predicted octanol–water partition coefficient (Wildman–Crippen LogP) is 7.78. The van der Waals surface area contributed by atoms with Crippen LogP contribution in [0.15, 0.2) is 72.9 Å². The first-order valence-corrected chi connectivity index (χ1v) is 11.2. The van der Waals surface area contributed by atoms with Crippen molar-refractivity contribution in [2.24, 2.45) is 0 Å². The van der Waals surface area contributed by atoms with Gasteiger partial charge in [-0.1, -0.05) is 71.2 Å². The summed E-state index contributed by atoms with van der Waals surface area (Å²) in [6.07, 6.45) is 1.73. The van der Waals surface area contributed by atoms with E-state index in [9.17, 15) is 0 Å². The lowest BCUT2D eigenvalue weighted by atomic mass is 10.00. The molecule has 0 amide bonds. The van der Waals surface area contributed by atoms with Crippen molar-refractivity contribution in [2.45, 2.75) is 12.4 Å². The second kappa shape index (κ2) is 9.92. The molecule has 0 aliphatic heterocycles. The Labute approximate surface area is 201 Å². The Morgan fingerprint density at radius 2 is 1.42 bits per heavy atom. The lowest BCUT2D eigenvalue weighted by molar-refractivity contribution is 0.281. The van der Waals surface area contributed by atoms with Crippen LogP contribution in [0.1, 0.15) is 11.1 Å². The molecular formula is C24H17Cl3N2OS. The van der Waals surface area contributed by atoms with Gasteiger partial charge in [-0.15, -0.1) is 0 Å². The molecule has 0 bridgehead atoms. The van der Waals surface area contributed by atoms with Gasteiger partial charge in [0, 0.05) is 43.7 Å². The minimum absolute atomic E-state index is 0.270. The minimum atomic E-state index is 0.270. The zero-order valence-corrected chi connectivity index (χ0v) is 19.4. The Kier molecular flexibility index (Phi) is 7.03. The van der Waals surface area contributed by atoms with E-state index in [1.165, 1.54) is 0 Å². The molecule has 1 aromatic heterocycles. The summed E-state index contributed by atoms with van der Waals surface area (Å²) >= 11 is 22.9. The molecule has 1 heterocycles. The topological polar surface area (TPSA) is 35.0 Å². The van der Waals surface area contributed by atoms with E-state index >= 15 is 0 Å². The molecule has 4 rings (SSSR count). The molecule has 0 unspecified atom stereocenters. The van der Waals surface area contributed by atoms with E-state index in [1.807, 2.05) is 66.7 Å². The molecule has 0 spiro atoms. The quantitative estimate of drug-likeness (QED) is 0.282. The highest BCUT2D eigenvalue weighted by Crippen LogP contribution is 2.36. The van der Waals surface area contributed by atoms with Crippen molar-refractivity contribution in [1.82, 2.24) is 9.97 Å². The summed E-state index contributed by atoms with van der Waals surface area (Å²) in [5, 5.41) is 1.94. The largest absolute Gasteiger partial charge is 0.459 e. The molecule has 0 aliphatic carbocycles. The number of hydrogen-bond acceptors (Lipinski definition) is 4. The molecule has 31 heavy (non-hydrogen) atoms. The average molecular weight is 488 g/mol. The molecule has 0 saturated heterocycles. The van der Waals surface area contributed by atoms with Crippen LogP contribution >= 0.6 is 47.4 Å². The third-order valence-corrected chi connectivity index (χ3v) is 5.85. The Hall–Kier alpha value is -2.24. The molecule has 3 aromatic carbocycles. The standard InChI is InChI=1S/C24H17Cl3N2OS/c25-18-6-1-15(2-7-18)13-30-24-28-12-21(20-10-3-16(14-31)11-22(20)27)23(29-24)17-4-8-19(26)9-5-17/h1-12,31H,13-14H2. The molecule has 3 nitrogen and oxygen atoms in total. The summed E-state index contributed by atoms with van der Waals surface area (Å²) in [6.45, 7) is 0.327. The molecule has 7 heteroatoms. The van der Waals surface area contributed by atoms with E-state index in [4.69, 9.17) is 39.5 Å². The molecule has 0 saturated carbocycles. The van der Waals surface area contributed by atoms with Gasteiger partial charge in [0.2, 0.25) is 0 Å². The van der Waals surface area contributed by atoms with Crippen LogP contribution in [0.4, 0.5) is 0 Å². The lowest BCUT2D eigenvalue weighted by Gasteiger charge is -2.13. The van der Waals surface area contributed by atoms with Crippen LogP contribution < -0.4 is 4.74 Å². The van der Waals surface area contributed by atoms with Gasteiger partial charge in [-0.3, -0.25) is 0 Å². The first-order valence-electron chi connectivity index (χ1n) is 9.43. The zero-order chi connectivity index (χ0) is 21.8. The van der Waals surface area contributed by atoms with Crippen molar-refractivity contribution in [3.8, 4) is 28.4 Å². The van der Waals surface area contributed by atoms with Gasteiger partial charge in [-0.05, 0) is 41.5 Å². The monoisotopic (exact) mass is 486 g/mol. The summed E-state index contributed by atoms with van der Waals surface area (Å²) < 4.78 is 5.84. The molecule has 0 radical (unpaired) electrons. The first kappa shape index (κ1) is 22.0. The zero-order valence-electron chi connectivity index (χ0n) is 16.2. The summed E-state index contributed by atoms with van der Waals surface area (Å²) in [5.74, 6) is 0.609. The van der Waals surface area contributed by atoms with Crippen molar-refractivity contribution in [2.75, 3.05) is 0 Å². The number of hydrogen-bond donors (Lipinski definition) is 1. The van der Waals surface area contributed by atoms with E-state index < -0.39 is 0 Å². The van der Waals surface area contributed by atoms with E-state index in [-0.39, 0.29) is 6.01 Å². The highest BCUT2D eigenvalue weighted by molar-refractivity contribution is 7.79. The summed E-state index contributed by atoms with van der Waals surface area (Å²) in [4.78, 5) is 9.11. The van der Waals surface area contributed by atoms with Crippen molar-refractivity contribution >= 4 is 47.4 Å². The van der Waals surface area contributed by atoms with Crippen LogP contribution in [0.3, 0.4) is 0 Å². The van der Waals surface area contributed by atoms with E-state index in [0.717, 1.165) is 27.8 Å². The van der Waals surface area contributed by atoms with Crippen molar-refractivity contribution in [3.05, 3.63) is 99.1 Å². The predicted molar refractivity (Wildman–Crippen MR) is 131 cm³/mol. The maximum Gasteiger partial charge on any atom is 0.317 e. The molecular weight excluding hydrogens is 471 g/mol. The Morgan fingerprint density at radius 1 is 0.774 bits per heavy atom. The van der Waals surface area contributed by atoms with Crippen LogP contribution in [0, 0.1) is 0 Å². The fourth-order valence-corrected chi connectivity index (χ4v) is 3.82. The third kappa shape index (κ3) is 5.34. The Balaban J connectivity index is 1.72. The third-order valence-electron chi connectivity index (χ3n) is 4.67. The van der Waals surface area contributed by atoms with Gasteiger partial charge in [-0.25, -0.2) is 4.98 Å². The molecule has 4 aromatic rings. The first-order chi connectivity index (χ1) is 15.0. The highest BCUT2D eigenvalue weighted by atomic mass is 35.5. The van der Waals surface area contributed by atoms with Gasteiger partial charge in [0.25, 0.3) is 0 Å². The van der Waals surface area contributed by atoms with Crippen LogP contribution in [-0.2, 0) is 12.4 Å². The number of benzene rings is 3. The highest BCUT2D eigenvalue weighted by Gasteiger charge is 2.15. The molecule has 0 atom stereocenters. The smallest absolute Gasteiger partial charge is 0.317 e. The average Bonchev–Trinajstić information content (AvgIpc) is 2.79. The second-order valence-electron chi connectivity index (χ2n) is 6.81. The van der Waals surface area contributed by atoms with Crippen molar-refractivity contribution in [3.63, 3.8) is 0 Å². The fourth-order valence-electron chi connectivity index (χ4n) is 3.06. The van der Waals surface area contributed by atoms with Crippen molar-refractivity contribution in [1.29, 1.82) is 0 Å². The van der Waals surface area contributed by atoms with Crippen LogP contribution in [0.25, 0.3) is 22.4 Å². The number of halogens is 3. The van der Waals surface area contributed by atoms with E-state index in [1.54, 1.807) is 6.20 Å². The van der Waals surface area contributed by atoms with Crippen LogP contribution in [0.5, 0.6) is 6.01 Å². The maximum absolute atomic E-state index is 6.57. The number of thiol groups is 1. The van der Waals surface area contributed by atoms with Gasteiger partial charge >= 0.3 is 6.01 Å². The second-order valence-corrected chi connectivity index (χ2v) is 8.41. The van der Waals surface area contributed by atoms with E-state index in [2.05, 4.69) is 22.6 Å². The van der Waals surface area contributed by atoms with Gasteiger partial charge in [0.1, 0.15) is 6.61 Å². The van der Waals surface area contributed by atoms with Gasteiger partial charge in [-0.2, -0.15) is 17.6 Å². The van der Waals surface area contributed by atoms with Gasteiger partial charge in [0.15, 0.2) is 0 Å². The van der Waals surface area contributed by atoms with Crippen LogP contribution in [0.2, 0.25) is 15.1 Å². The molecule has 0 fully saturated rings. The summed E-state index contributed by atoms with van der Waals surface area (Å²) in [7, 11) is 0. The minimum Gasteiger partial charge on any atom is -0.459 e. The normalized spacial score (nSPS) is 10.8. The fraction of sp³-hybridized carbons (Fsp3) is 0.0833. The number of aromatic nitrogens is 2. The molecule has 156 valence electrons. The lowest BCUT2D eigenvalue weighted by Crippen LogP contribution is -2.02. The van der Waals surface area contributed by atoms with Gasteiger partial charge < -0.3 is 4.74 Å². The Bertz CT molecular complexity index is 1200. The van der Waals surface area contributed by atoms with Crippen LogP contribution in [-0.4, -0.2) is 9.97 Å². The SMILES string of the molecule is SCc1ccc(-c2cnc(OCc3ccc(Cl)cc3)nc2-c2ccc(Cl)cc2)c(Cl)c1. The molecule has 0 aliphatic rings. The Morgan fingerprint density at radius 3 is 2.06 bits per heavy atom. The molecule has 0 N–H and O–H groups in total. The maximum atomic E-state index is 6.57. The number of rotatable bonds is 6.